The van der Waals surface area contributed by atoms with Crippen LogP contribution in [0.5, 0.6) is 0 Å². The van der Waals surface area contributed by atoms with E-state index in [9.17, 15) is 13.2 Å². The molecule has 1 atom stereocenters. The van der Waals surface area contributed by atoms with Gasteiger partial charge in [-0.2, -0.15) is 0 Å². The van der Waals surface area contributed by atoms with Gasteiger partial charge in [0.05, 0.1) is 4.90 Å². The van der Waals surface area contributed by atoms with Crippen molar-refractivity contribution in [3.8, 4) is 11.1 Å². The van der Waals surface area contributed by atoms with Crippen LogP contribution in [0.15, 0.2) is 77.7 Å². The molecule has 3 aromatic carbocycles. The molecule has 0 heterocycles. The van der Waals surface area contributed by atoms with Crippen molar-refractivity contribution in [3.05, 3.63) is 78.4 Å². The van der Waals surface area contributed by atoms with Gasteiger partial charge in [-0.05, 0) is 62.6 Å². The van der Waals surface area contributed by atoms with Gasteiger partial charge in [-0.3, -0.25) is 10.2 Å². The Hall–Kier alpha value is -3.69. The molecule has 1 amide bonds. The molecule has 8 nitrogen and oxygen atoms in total. The van der Waals surface area contributed by atoms with Gasteiger partial charge in [0.2, 0.25) is 15.9 Å². The fourth-order valence-corrected chi connectivity index (χ4v) is 5.49. The van der Waals surface area contributed by atoms with Gasteiger partial charge >= 0.3 is 0 Å². The van der Waals surface area contributed by atoms with Crippen LogP contribution in [0, 0.1) is 11.3 Å². The summed E-state index contributed by atoms with van der Waals surface area (Å²) in [5, 5.41) is 13.8. The summed E-state index contributed by atoms with van der Waals surface area (Å²) in [4.78, 5) is 13.3. The molecule has 0 bridgehead atoms. The zero-order valence-electron chi connectivity index (χ0n) is 21.8. The van der Waals surface area contributed by atoms with E-state index < -0.39 is 21.6 Å². The SMILES string of the molecule is CC(C)[C@H](Nc1cccc(C(=N)N)c1)C(=O)Nc1ccc(-c2ccccc2S(=O)(=O)NC(C)(C)C)cc1. The number of nitrogen functional groups attached to an aromatic ring is 1. The summed E-state index contributed by atoms with van der Waals surface area (Å²) in [6.07, 6.45) is 0. The molecule has 0 radical (unpaired) electrons. The molecule has 0 aliphatic heterocycles. The molecular formula is C28H35N5O3S. The Morgan fingerprint density at radius 3 is 2.16 bits per heavy atom. The zero-order chi connectivity index (χ0) is 27.4. The topological polar surface area (TPSA) is 137 Å². The van der Waals surface area contributed by atoms with Crippen molar-refractivity contribution < 1.29 is 13.2 Å². The molecule has 0 aliphatic carbocycles. The first-order valence-corrected chi connectivity index (χ1v) is 13.5. The maximum Gasteiger partial charge on any atom is 0.247 e. The van der Waals surface area contributed by atoms with Crippen LogP contribution in [-0.2, 0) is 14.8 Å². The van der Waals surface area contributed by atoms with Gasteiger partial charge in [-0.25, -0.2) is 13.1 Å². The minimum Gasteiger partial charge on any atom is -0.384 e. The summed E-state index contributed by atoms with van der Waals surface area (Å²) in [5.74, 6) is -0.279. The van der Waals surface area contributed by atoms with E-state index in [0.29, 0.717) is 28.1 Å². The average molecular weight is 522 g/mol. The minimum atomic E-state index is -3.73. The highest BCUT2D eigenvalue weighted by atomic mass is 32.2. The molecule has 0 unspecified atom stereocenters. The highest BCUT2D eigenvalue weighted by Crippen LogP contribution is 2.29. The Labute approximate surface area is 219 Å². The third kappa shape index (κ3) is 7.41. The van der Waals surface area contributed by atoms with Crippen LogP contribution >= 0.6 is 0 Å². The zero-order valence-corrected chi connectivity index (χ0v) is 22.6. The second-order valence-electron chi connectivity index (χ2n) is 10.3. The number of nitrogens with two attached hydrogens (primary N) is 1. The maximum atomic E-state index is 13.1. The Balaban J connectivity index is 1.80. The molecule has 37 heavy (non-hydrogen) atoms. The quantitative estimate of drug-likeness (QED) is 0.204. The van der Waals surface area contributed by atoms with Crippen LogP contribution in [0.3, 0.4) is 0 Å². The van der Waals surface area contributed by atoms with Crippen molar-refractivity contribution >= 4 is 33.1 Å². The van der Waals surface area contributed by atoms with Crippen molar-refractivity contribution in [2.45, 2.75) is 51.1 Å². The van der Waals surface area contributed by atoms with E-state index in [1.54, 1.807) is 87.5 Å². The van der Waals surface area contributed by atoms with E-state index in [2.05, 4.69) is 15.4 Å². The predicted octanol–water partition coefficient (Wildman–Crippen LogP) is 4.79. The molecule has 0 saturated carbocycles. The number of sulfonamides is 1. The third-order valence-electron chi connectivity index (χ3n) is 5.53. The first kappa shape index (κ1) is 27.9. The number of nitrogens with one attached hydrogen (secondary N) is 4. The smallest absolute Gasteiger partial charge is 0.247 e. The molecular weight excluding hydrogens is 486 g/mol. The molecule has 0 spiro atoms. The molecule has 0 saturated heterocycles. The number of carbonyl (C=O) groups is 1. The minimum absolute atomic E-state index is 0.0207. The van der Waals surface area contributed by atoms with Crippen LogP contribution in [0.1, 0.15) is 40.2 Å². The number of amides is 1. The van der Waals surface area contributed by atoms with Crippen molar-refractivity contribution in [2.75, 3.05) is 10.6 Å². The first-order valence-electron chi connectivity index (χ1n) is 12.0. The lowest BCUT2D eigenvalue weighted by atomic mass is 10.0. The van der Waals surface area contributed by atoms with Crippen molar-refractivity contribution in [1.82, 2.24) is 4.72 Å². The molecule has 0 aromatic heterocycles. The van der Waals surface area contributed by atoms with E-state index in [0.717, 1.165) is 0 Å². The number of hydrogen-bond donors (Lipinski definition) is 5. The lowest BCUT2D eigenvalue weighted by Gasteiger charge is -2.23. The fourth-order valence-electron chi connectivity index (χ4n) is 3.84. The number of amidine groups is 1. The Kier molecular flexibility index (Phi) is 8.40. The Bertz CT molecular complexity index is 1380. The Morgan fingerprint density at radius 2 is 1.57 bits per heavy atom. The van der Waals surface area contributed by atoms with Crippen LogP contribution < -0.4 is 21.1 Å². The van der Waals surface area contributed by atoms with E-state index in [1.165, 1.54) is 0 Å². The van der Waals surface area contributed by atoms with E-state index in [1.807, 2.05) is 19.9 Å². The van der Waals surface area contributed by atoms with Crippen LogP contribution in [-0.4, -0.2) is 31.7 Å². The second-order valence-corrected chi connectivity index (χ2v) is 11.9. The van der Waals surface area contributed by atoms with Gasteiger partial charge in [0.1, 0.15) is 11.9 Å². The van der Waals surface area contributed by atoms with E-state index in [4.69, 9.17) is 11.1 Å². The van der Waals surface area contributed by atoms with Gasteiger partial charge < -0.3 is 16.4 Å². The molecule has 9 heteroatoms. The molecule has 196 valence electrons. The monoisotopic (exact) mass is 521 g/mol. The van der Waals surface area contributed by atoms with Crippen LogP contribution in [0.4, 0.5) is 11.4 Å². The molecule has 3 aromatic rings. The molecule has 0 fully saturated rings. The van der Waals surface area contributed by atoms with Gasteiger partial charge in [-0.1, -0.05) is 56.3 Å². The average Bonchev–Trinajstić information content (AvgIpc) is 2.81. The maximum absolute atomic E-state index is 13.1. The number of anilines is 2. The summed E-state index contributed by atoms with van der Waals surface area (Å²) in [7, 11) is -3.73. The lowest BCUT2D eigenvalue weighted by Crippen LogP contribution is -2.40. The second kappa shape index (κ2) is 11.1. The lowest BCUT2D eigenvalue weighted by molar-refractivity contribution is -0.117. The van der Waals surface area contributed by atoms with E-state index >= 15 is 0 Å². The third-order valence-corrected chi connectivity index (χ3v) is 7.34. The van der Waals surface area contributed by atoms with Crippen LogP contribution in [0.25, 0.3) is 11.1 Å². The van der Waals surface area contributed by atoms with Crippen LogP contribution in [0.2, 0.25) is 0 Å². The number of benzene rings is 3. The summed E-state index contributed by atoms with van der Waals surface area (Å²) in [6, 6.07) is 20.5. The standard InChI is InChI=1S/C28H35N5O3S/c1-18(2)25(31-22-10-8-9-20(17-22)26(29)30)27(34)32-21-15-13-19(14-16-21)23-11-6-7-12-24(23)37(35,36)33-28(3,4)5/h6-18,25,31,33H,1-5H3,(H3,29,30)(H,32,34)/t25-/m0/s1. The predicted molar refractivity (Wildman–Crippen MR) is 150 cm³/mol. The van der Waals surface area contributed by atoms with E-state index in [-0.39, 0.29) is 22.6 Å². The summed E-state index contributed by atoms with van der Waals surface area (Å²) in [5.41, 5.74) is 8.12. The van der Waals surface area contributed by atoms with Gasteiger partial charge in [0, 0.05) is 28.0 Å². The van der Waals surface area contributed by atoms with Gasteiger partial charge in [-0.15, -0.1) is 0 Å². The summed E-state index contributed by atoms with van der Waals surface area (Å²) < 4.78 is 28.7. The van der Waals surface area contributed by atoms with Crippen molar-refractivity contribution in [1.29, 1.82) is 5.41 Å². The van der Waals surface area contributed by atoms with Crippen molar-refractivity contribution in [2.24, 2.45) is 11.7 Å². The fraction of sp³-hybridized carbons (Fsp3) is 0.286. The molecule has 0 aliphatic rings. The number of carbonyl (C=O) groups excluding carboxylic acids is 1. The number of hydrogen-bond acceptors (Lipinski definition) is 5. The molecule has 3 rings (SSSR count). The molecule has 6 N–H and O–H groups in total. The number of rotatable bonds is 9. The first-order chi connectivity index (χ1) is 17.3. The van der Waals surface area contributed by atoms with Crippen molar-refractivity contribution in [3.63, 3.8) is 0 Å². The summed E-state index contributed by atoms with van der Waals surface area (Å²) in [6.45, 7) is 9.27. The Morgan fingerprint density at radius 1 is 0.919 bits per heavy atom. The normalized spacial score (nSPS) is 12.7. The van der Waals surface area contributed by atoms with Gasteiger partial charge in [0.15, 0.2) is 0 Å². The largest absolute Gasteiger partial charge is 0.384 e. The highest BCUT2D eigenvalue weighted by Gasteiger charge is 2.25. The van der Waals surface area contributed by atoms with Gasteiger partial charge in [0.25, 0.3) is 0 Å². The summed E-state index contributed by atoms with van der Waals surface area (Å²) >= 11 is 0. The highest BCUT2D eigenvalue weighted by molar-refractivity contribution is 7.89.